The summed E-state index contributed by atoms with van der Waals surface area (Å²) < 4.78 is 5.78. The number of nitrogens with one attached hydrogen (secondary N) is 2. The average Bonchev–Trinajstić information content (AvgIpc) is 3.21. The molecule has 3 rings (SSSR count). The van der Waals surface area contributed by atoms with Gasteiger partial charge in [-0.05, 0) is 55.9 Å². The number of ether oxygens (including phenoxy) is 1. The molecule has 5 heteroatoms. The number of carbonyl (C=O) groups is 1. The van der Waals surface area contributed by atoms with Crippen LogP contribution in [-0.2, 0) is 11.2 Å². The Balaban J connectivity index is 1.30. The van der Waals surface area contributed by atoms with Gasteiger partial charge in [0.2, 0.25) is 0 Å². The number of amides is 2. The predicted octanol–water partition coefficient (Wildman–Crippen LogP) is 2.94. The number of hydrogen-bond donors (Lipinski definition) is 2. The van der Waals surface area contributed by atoms with Gasteiger partial charge in [-0.2, -0.15) is 0 Å². The summed E-state index contributed by atoms with van der Waals surface area (Å²) in [5.41, 5.74) is 0. The van der Waals surface area contributed by atoms with Crippen molar-refractivity contribution >= 4 is 17.4 Å². The highest BCUT2D eigenvalue weighted by molar-refractivity contribution is 7.09. The van der Waals surface area contributed by atoms with Crippen molar-refractivity contribution in [2.45, 2.75) is 50.7 Å². The van der Waals surface area contributed by atoms with Gasteiger partial charge in [-0.15, -0.1) is 11.3 Å². The minimum Gasteiger partial charge on any atom is -0.378 e. The molecule has 2 atom stereocenters. The molecule has 0 unspecified atom stereocenters. The Morgan fingerprint density at radius 1 is 1.38 bits per heavy atom. The number of carbonyl (C=O) groups excluding carboxylic acids is 1. The smallest absolute Gasteiger partial charge is 0.315 e. The lowest BCUT2D eigenvalue weighted by atomic mass is 10.0. The van der Waals surface area contributed by atoms with Crippen molar-refractivity contribution in [1.29, 1.82) is 0 Å². The van der Waals surface area contributed by atoms with Crippen molar-refractivity contribution in [3.63, 3.8) is 0 Å². The van der Waals surface area contributed by atoms with Gasteiger partial charge in [0.15, 0.2) is 0 Å². The minimum absolute atomic E-state index is 0.0253. The first kappa shape index (κ1) is 14.9. The molecule has 0 spiro atoms. The van der Waals surface area contributed by atoms with Crippen molar-refractivity contribution in [3.05, 3.63) is 22.4 Å². The highest BCUT2D eigenvalue weighted by atomic mass is 32.1. The summed E-state index contributed by atoms with van der Waals surface area (Å²) in [5, 5.41) is 8.16. The number of rotatable bonds is 6. The number of thiophene rings is 1. The predicted molar refractivity (Wildman–Crippen MR) is 84.7 cm³/mol. The van der Waals surface area contributed by atoms with Gasteiger partial charge in [0.1, 0.15) is 0 Å². The third-order valence-corrected chi connectivity index (χ3v) is 5.20. The first-order chi connectivity index (χ1) is 10.3. The lowest BCUT2D eigenvalue weighted by molar-refractivity contribution is -0.00913. The molecule has 1 saturated carbocycles. The molecule has 2 aliphatic rings. The van der Waals surface area contributed by atoms with E-state index in [-0.39, 0.29) is 12.1 Å². The van der Waals surface area contributed by atoms with Crippen molar-refractivity contribution in [2.24, 2.45) is 5.92 Å². The van der Waals surface area contributed by atoms with E-state index >= 15 is 0 Å². The van der Waals surface area contributed by atoms with E-state index in [2.05, 4.69) is 28.1 Å². The van der Waals surface area contributed by atoms with E-state index in [4.69, 9.17) is 4.74 Å². The Morgan fingerprint density at radius 3 is 3.05 bits per heavy atom. The molecule has 0 aromatic carbocycles. The van der Waals surface area contributed by atoms with Gasteiger partial charge in [-0.3, -0.25) is 0 Å². The van der Waals surface area contributed by atoms with E-state index in [0.717, 1.165) is 44.8 Å². The molecule has 1 aromatic heterocycles. The summed E-state index contributed by atoms with van der Waals surface area (Å²) >= 11 is 1.78. The van der Waals surface area contributed by atoms with E-state index in [1.165, 1.54) is 17.7 Å². The van der Waals surface area contributed by atoms with Crippen LogP contribution in [0.3, 0.4) is 0 Å². The normalized spacial score (nSPS) is 25.5. The van der Waals surface area contributed by atoms with E-state index in [1.807, 2.05) is 0 Å². The fourth-order valence-corrected chi connectivity index (χ4v) is 3.66. The van der Waals surface area contributed by atoms with Crippen LogP contribution in [0.4, 0.5) is 4.79 Å². The second kappa shape index (κ2) is 7.27. The van der Waals surface area contributed by atoms with Crippen LogP contribution in [0, 0.1) is 5.92 Å². The van der Waals surface area contributed by atoms with Crippen LogP contribution in [0.5, 0.6) is 0 Å². The molecule has 2 heterocycles. The van der Waals surface area contributed by atoms with E-state index in [0.29, 0.717) is 6.10 Å². The summed E-state index contributed by atoms with van der Waals surface area (Å²) in [5.74, 6) is 0.753. The summed E-state index contributed by atoms with van der Waals surface area (Å²) in [6, 6.07) is 4.47. The minimum atomic E-state index is -0.0253. The van der Waals surface area contributed by atoms with Gasteiger partial charge >= 0.3 is 6.03 Å². The summed E-state index contributed by atoms with van der Waals surface area (Å²) in [7, 11) is 0. The van der Waals surface area contributed by atoms with Gasteiger partial charge in [0.05, 0.1) is 6.10 Å². The molecule has 1 aliphatic heterocycles. The molecule has 21 heavy (non-hydrogen) atoms. The molecule has 0 bridgehead atoms. The lowest BCUT2D eigenvalue weighted by Crippen LogP contribution is -2.46. The number of aryl methyl sites for hydroxylation is 1. The highest BCUT2D eigenvalue weighted by Crippen LogP contribution is 2.38. The van der Waals surface area contributed by atoms with Crippen LogP contribution >= 0.6 is 11.3 Å². The Bertz CT molecular complexity index is 445. The van der Waals surface area contributed by atoms with Crippen LogP contribution < -0.4 is 10.6 Å². The van der Waals surface area contributed by atoms with E-state index in [9.17, 15) is 4.79 Å². The van der Waals surface area contributed by atoms with Crippen LogP contribution in [0.2, 0.25) is 0 Å². The molecule has 1 aliphatic carbocycles. The average molecular weight is 308 g/mol. The van der Waals surface area contributed by atoms with Crippen LogP contribution in [0.25, 0.3) is 0 Å². The quantitative estimate of drug-likeness (QED) is 0.794. The van der Waals surface area contributed by atoms with E-state index < -0.39 is 0 Å². The summed E-state index contributed by atoms with van der Waals surface area (Å²) in [4.78, 5) is 13.3. The maximum absolute atomic E-state index is 11.9. The maximum Gasteiger partial charge on any atom is 0.315 e. The largest absolute Gasteiger partial charge is 0.378 e. The third kappa shape index (κ3) is 4.71. The molecule has 4 nitrogen and oxygen atoms in total. The topological polar surface area (TPSA) is 50.4 Å². The standard InChI is InChI=1S/C16H24N2O2S/c19-16(17-8-1-3-14-4-2-10-21-14)18-13-7-9-20-15(11-13)12-5-6-12/h2,4,10,12-13,15H,1,3,5-9,11H2,(H2,17,18,19)/t13-,15+/m1/s1. The van der Waals surface area contributed by atoms with Crippen LogP contribution in [0.1, 0.15) is 37.0 Å². The first-order valence-corrected chi connectivity index (χ1v) is 8.87. The molecular formula is C16H24N2O2S. The van der Waals surface area contributed by atoms with Gasteiger partial charge in [0.25, 0.3) is 0 Å². The Kier molecular flexibility index (Phi) is 5.14. The van der Waals surface area contributed by atoms with Gasteiger partial charge in [-0.1, -0.05) is 6.07 Å². The zero-order chi connectivity index (χ0) is 14.5. The molecule has 1 aromatic rings. The zero-order valence-electron chi connectivity index (χ0n) is 12.3. The first-order valence-electron chi connectivity index (χ1n) is 7.99. The van der Waals surface area contributed by atoms with Gasteiger partial charge in [-0.25, -0.2) is 4.79 Å². The summed E-state index contributed by atoms with van der Waals surface area (Å²) in [6.45, 7) is 1.52. The third-order valence-electron chi connectivity index (χ3n) is 4.26. The molecular weight excluding hydrogens is 284 g/mol. The molecule has 0 radical (unpaired) electrons. The Labute approximate surface area is 130 Å². The maximum atomic E-state index is 11.9. The molecule has 2 N–H and O–H groups in total. The van der Waals surface area contributed by atoms with E-state index in [1.54, 1.807) is 11.3 Å². The second-order valence-electron chi connectivity index (χ2n) is 6.05. The molecule has 2 fully saturated rings. The SMILES string of the molecule is O=C(NCCCc1cccs1)N[C@@H]1CCO[C@H](C2CC2)C1. The Morgan fingerprint density at radius 2 is 2.29 bits per heavy atom. The zero-order valence-corrected chi connectivity index (χ0v) is 13.2. The van der Waals surface area contributed by atoms with Crippen molar-refractivity contribution in [2.75, 3.05) is 13.2 Å². The fourth-order valence-electron chi connectivity index (χ4n) is 2.91. The van der Waals surface area contributed by atoms with Crippen molar-refractivity contribution < 1.29 is 9.53 Å². The second-order valence-corrected chi connectivity index (χ2v) is 7.08. The number of urea groups is 1. The van der Waals surface area contributed by atoms with Crippen molar-refractivity contribution in [1.82, 2.24) is 10.6 Å². The monoisotopic (exact) mass is 308 g/mol. The fraction of sp³-hybridized carbons (Fsp3) is 0.688. The lowest BCUT2D eigenvalue weighted by Gasteiger charge is -2.30. The number of hydrogen-bond acceptors (Lipinski definition) is 3. The van der Waals surface area contributed by atoms with Crippen LogP contribution in [-0.4, -0.2) is 31.3 Å². The molecule has 2 amide bonds. The van der Waals surface area contributed by atoms with Gasteiger partial charge in [0, 0.05) is 24.1 Å². The Hall–Kier alpha value is -1.07. The van der Waals surface area contributed by atoms with Crippen LogP contribution in [0.15, 0.2) is 17.5 Å². The highest BCUT2D eigenvalue weighted by Gasteiger charge is 2.36. The summed E-state index contributed by atoms with van der Waals surface area (Å²) in [6.07, 6.45) is 6.92. The van der Waals surface area contributed by atoms with Crippen molar-refractivity contribution in [3.8, 4) is 0 Å². The van der Waals surface area contributed by atoms with Gasteiger partial charge < -0.3 is 15.4 Å². The molecule has 116 valence electrons. The molecule has 1 saturated heterocycles.